The van der Waals surface area contributed by atoms with Gasteiger partial charge in [0.15, 0.2) is 22.3 Å². The summed E-state index contributed by atoms with van der Waals surface area (Å²) in [6.45, 7) is 7.53. The van der Waals surface area contributed by atoms with E-state index in [-0.39, 0.29) is 50.0 Å². The van der Waals surface area contributed by atoms with Crippen molar-refractivity contribution in [1.82, 2.24) is 20.1 Å². The Labute approximate surface area is 328 Å². The highest BCUT2D eigenvalue weighted by Crippen LogP contribution is 2.41. The highest BCUT2D eigenvalue weighted by atomic mass is 32.1. The number of rotatable bonds is 16. The van der Waals surface area contributed by atoms with E-state index >= 15 is 4.32 Å². The quantitative estimate of drug-likeness (QED) is 0.0871. The number of carboxylic acids is 1. The van der Waals surface area contributed by atoms with Gasteiger partial charge in [-0.1, -0.05) is 0 Å². The largest absolute Gasteiger partial charge is 0.536 e. The lowest BCUT2D eigenvalue weighted by Gasteiger charge is -2.37. The van der Waals surface area contributed by atoms with Crippen LogP contribution in [0.25, 0.3) is 6.08 Å². The lowest BCUT2D eigenvalue weighted by molar-refractivity contribution is -0.335. The Morgan fingerprint density at radius 2 is 1.91 bits per heavy atom. The average Bonchev–Trinajstić information content (AvgIpc) is 3.90. The molecule has 0 bridgehead atoms. The van der Waals surface area contributed by atoms with Crippen LogP contribution in [0.5, 0.6) is 17.2 Å². The van der Waals surface area contributed by atoms with E-state index in [0.717, 1.165) is 39.5 Å². The van der Waals surface area contributed by atoms with Gasteiger partial charge in [0, 0.05) is 73.4 Å². The predicted molar refractivity (Wildman–Crippen MR) is 213 cm³/mol. The Balaban J connectivity index is 0.929. The second-order valence-electron chi connectivity index (χ2n) is 14.3. The number of thiazole rings is 1. The number of carbonyl (C=O) groups is 3. The number of aryl methyl sites for hydroxylation is 2. The van der Waals surface area contributed by atoms with Crippen molar-refractivity contribution in [1.29, 1.82) is 0 Å². The first-order valence-electron chi connectivity index (χ1n) is 18.6. The molecule has 13 nitrogen and oxygen atoms in total. The molecule has 2 aromatic carbocycles. The first kappa shape index (κ1) is 38.7. The van der Waals surface area contributed by atoms with E-state index in [1.54, 1.807) is 32.7 Å². The third-order valence-corrected chi connectivity index (χ3v) is 11.0. The fourth-order valence-corrected chi connectivity index (χ4v) is 8.13. The number of amides is 2. The van der Waals surface area contributed by atoms with Crippen LogP contribution in [0.2, 0.25) is 0 Å². The van der Waals surface area contributed by atoms with Gasteiger partial charge in [-0.2, -0.15) is 0 Å². The van der Waals surface area contributed by atoms with Crippen molar-refractivity contribution in [2.45, 2.75) is 52.0 Å². The highest BCUT2D eigenvalue weighted by Gasteiger charge is 2.36. The van der Waals surface area contributed by atoms with Gasteiger partial charge < -0.3 is 48.5 Å². The number of halogens is 1. The molecule has 1 unspecified atom stereocenters. The Morgan fingerprint density at radius 1 is 1.09 bits per heavy atom. The maximum Gasteiger partial charge on any atom is 0.536 e. The van der Waals surface area contributed by atoms with Crippen molar-refractivity contribution in [2.75, 3.05) is 38.2 Å². The number of aromatic carboxylic acids is 1. The van der Waals surface area contributed by atoms with Crippen LogP contribution in [0.1, 0.15) is 64.6 Å². The number of aromatic nitrogens is 2. The van der Waals surface area contributed by atoms with Crippen molar-refractivity contribution in [3.63, 3.8) is 0 Å². The molecule has 0 saturated carbocycles. The normalized spacial score (nSPS) is 18.1. The Morgan fingerprint density at radius 3 is 2.68 bits per heavy atom. The number of hydrogen-bond donors (Lipinski definition) is 4. The monoisotopic (exact) mass is 782 g/mol. The molecule has 7 rings (SSSR count). The van der Waals surface area contributed by atoms with Crippen LogP contribution < -0.4 is 25.4 Å². The van der Waals surface area contributed by atoms with E-state index in [2.05, 4.69) is 20.9 Å². The summed E-state index contributed by atoms with van der Waals surface area (Å²) in [6.07, 6.45) is 8.93. The van der Waals surface area contributed by atoms with Crippen LogP contribution in [0.15, 0.2) is 71.9 Å². The second kappa shape index (κ2) is 16.7. The van der Waals surface area contributed by atoms with Crippen molar-refractivity contribution >= 4 is 53.3 Å². The van der Waals surface area contributed by atoms with Crippen LogP contribution >= 0.6 is 11.3 Å². The van der Waals surface area contributed by atoms with Gasteiger partial charge in [0.05, 0.1) is 18.8 Å². The van der Waals surface area contributed by atoms with E-state index < -0.39 is 18.8 Å². The Kier molecular flexibility index (Phi) is 11.5. The first-order chi connectivity index (χ1) is 27.0. The minimum Gasteiger partial charge on any atom is -0.487 e. The minimum absolute atomic E-state index is 0.131. The zero-order valence-electron chi connectivity index (χ0n) is 31.5. The van der Waals surface area contributed by atoms with E-state index in [0.29, 0.717) is 48.3 Å². The van der Waals surface area contributed by atoms with Crippen LogP contribution in [-0.2, 0) is 26.3 Å². The second-order valence-corrected chi connectivity index (χ2v) is 15.1. The number of anilines is 1. The molecule has 3 aliphatic heterocycles. The highest BCUT2D eigenvalue weighted by molar-refractivity contribution is 7.13. The van der Waals surface area contributed by atoms with Crippen LogP contribution in [0.3, 0.4) is 0 Å². The summed E-state index contributed by atoms with van der Waals surface area (Å²) in [5, 5.41) is 20.9. The molecule has 292 valence electrons. The smallest absolute Gasteiger partial charge is 0.487 e. The third kappa shape index (κ3) is 8.47. The summed E-state index contributed by atoms with van der Waals surface area (Å²) < 4.78 is 37.4. The van der Waals surface area contributed by atoms with E-state index in [1.165, 1.54) is 23.5 Å². The Hall–Kier alpha value is -5.58. The molecule has 56 heavy (non-hydrogen) atoms. The van der Waals surface area contributed by atoms with Crippen LogP contribution in [0.4, 0.5) is 9.45 Å². The zero-order chi connectivity index (χ0) is 39.4. The van der Waals surface area contributed by atoms with Crippen molar-refractivity contribution < 1.29 is 42.5 Å². The van der Waals surface area contributed by atoms with E-state index in [1.807, 2.05) is 57.2 Å². The summed E-state index contributed by atoms with van der Waals surface area (Å²) in [6, 6.07) is 11.9. The van der Waals surface area contributed by atoms with Gasteiger partial charge in [-0.05, 0) is 92.0 Å². The number of allylic oxidation sites excluding steroid dienone is 2. The molecule has 2 amide bonds. The summed E-state index contributed by atoms with van der Waals surface area (Å²) in [5.74, 6) is -0.0800. The molecule has 16 heteroatoms. The molecule has 0 aliphatic carbocycles. The molecule has 0 spiro atoms. The molecule has 2 atom stereocenters. The van der Waals surface area contributed by atoms with Gasteiger partial charge in [-0.25, -0.2) is 9.78 Å². The number of hydrogen-bond acceptors (Lipinski definition) is 9. The van der Waals surface area contributed by atoms with Gasteiger partial charge >= 0.3 is 13.2 Å². The third-order valence-electron chi connectivity index (χ3n) is 10.3. The summed E-state index contributed by atoms with van der Waals surface area (Å²) in [5.41, 5.74) is 5.75. The fraction of sp³-hybridized carbons (Fsp3) is 0.325. The van der Waals surface area contributed by atoms with Gasteiger partial charge in [0.1, 0.15) is 18.1 Å². The zero-order valence-corrected chi connectivity index (χ0v) is 32.3. The number of ether oxygens (including phenoxy) is 3. The molecule has 5 heterocycles. The fourth-order valence-electron chi connectivity index (χ4n) is 7.59. The molecule has 0 fully saturated rings. The summed E-state index contributed by atoms with van der Waals surface area (Å²) >= 11 is 1.35. The average molecular weight is 783 g/mol. The molecule has 3 aliphatic rings. The predicted octanol–water partition coefficient (Wildman–Crippen LogP) is 5.35. The number of nitrogens with zero attached hydrogens (tertiary/aromatic N) is 3. The topological polar surface area (TPSA) is 156 Å². The SMILES string of the molecule is Cc1cc(C)n2c1C=C1C=CC(CCC(=O)NCCOCCOc3cc4c(cc3Oc3ccc(C(=O)O)cc3)[C@@](C)(CC(=O)Nc3nccs3)NCC4)=[N+]1[BH-]2F. The Bertz CT molecular complexity index is 2240. The molecular weight excluding hydrogens is 738 g/mol. The van der Waals surface area contributed by atoms with Gasteiger partial charge in [-0.15, -0.1) is 11.3 Å². The van der Waals surface area contributed by atoms with Gasteiger partial charge in [-0.3, -0.25) is 9.59 Å². The van der Waals surface area contributed by atoms with E-state index in [4.69, 9.17) is 14.2 Å². The first-order valence-corrected chi connectivity index (χ1v) is 19.5. The lowest BCUT2D eigenvalue weighted by atomic mass is 9.81. The summed E-state index contributed by atoms with van der Waals surface area (Å²) in [4.78, 5) is 41.3. The number of benzene rings is 2. The van der Waals surface area contributed by atoms with Crippen molar-refractivity contribution in [3.8, 4) is 17.2 Å². The number of carboxylic acid groups (broad SMARTS) is 1. The molecule has 0 saturated heterocycles. The summed E-state index contributed by atoms with van der Waals surface area (Å²) in [7, 11) is -2.34. The molecule has 4 aromatic rings. The molecular formula is C40H44BFN6O7S. The standard InChI is InChI=1S/C40H44BFN6O7S/c1-25-20-26(2)47-33(25)22-30-7-6-29(48(30)41(47)42)8-11-36(49)43-14-16-53-17-18-54-34-21-28-12-13-45-40(3,24-37(50)46-39-44-15-19-56-39)32(28)23-35(34)55-31-9-4-27(5-10-31)38(51)52/h4-7,9-10,15,19-23,41,45H,8,11-14,16-18,24H2,1-3H3,(H,43,49)(H,51,52)(H,44,46,50)/t40-,41?/m1/s1. The number of carbonyl (C=O) groups excluding carboxylic acids is 2. The lowest BCUT2D eigenvalue weighted by Crippen LogP contribution is -2.47. The maximum absolute atomic E-state index is 15.7. The van der Waals surface area contributed by atoms with Crippen LogP contribution in [0, 0.1) is 13.8 Å². The number of nitrogens with one attached hydrogen (secondary N) is 3. The molecule has 0 radical (unpaired) electrons. The maximum atomic E-state index is 15.7. The van der Waals surface area contributed by atoms with Gasteiger partial charge in [0.25, 0.3) is 0 Å². The van der Waals surface area contributed by atoms with Gasteiger partial charge in [0.2, 0.25) is 11.8 Å². The number of fused-ring (bicyclic) bond motifs is 3. The molecule has 4 N–H and O–H groups in total. The van der Waals surface area contributed by atoms with Crippen molar-refractivity contribution in [3.05, 3.63) is 106 Å². The van der Waals surface area contributed by atoms with Crippen LogP contribution in [-0.4, -0.2) is 82.7 Å². The minimum atomic E-state index is -2.34. The van der Waals surface area contributed by atoms with E-state index in [9.17, 15) is 19.5 Å². The van der Waals surface area contributed by atoms with Crippen molar-refractivity contribution in [2.24, 2.45) is 0 Å². The molecule has 2 aromatic heterocycles.